The van der Waals surface area contributed by atoms with Crippen LogP contribution in [0.5, 0.6) is 0 Å². The van der Waals surface area contributed by atoms with Crippen LogP contribution in [0.25, 0.3) is 0 Å². The molecule has 0 spiro atoms. The van der Waals surface area contributed by atoms with Crippen LogP contribution in [-0.4, -0.2) is 30.1 Å². The van der Waals surface area contributed by atoms with Gasteiger partial charge in [-0.15, -0.1) is 0 Å². The average Bonchev–Trinajstić information content (AvgIpc) is 2.67. The first-order valence-corrected chi connectivity index (χ1v) is 7.78. The van der Waals surface area contributed by atoms with Gasteiger partial charge in [-0.05, 0) is 44.7 Å². The number of hydrogen-bond donors (Lipinski definition) is 1. The van der Waals surface area contributed by atoms with Crippen molar-refractivity contribution in [3.8, 4) is 0 Å². The summed E-state index contributed by atoms with van der Waals surface area (Å²) in [5.41, 5.74) is 6.60. The van der Waals surface area contributed by atoms with Gasteiger partial charge in [-0.25, -0.2) is 0 Å². The molecule has 0 radical (unpaired) electrons. The number of nitrogens with two attached hydrogens (primary N) is 1. The lowest BCUT2D eigenvalue weighted by atomic mass is 9.70. The van der Waals surface area contributed by atoms with Crippen molar-refractivity contribution in [2.45, 2.75) is 70.3 Å². The minimum Gasteiger partial charge on any atom is -0.329 e. The van der Waals surface area contributed by atoms with E-state index in [1.807, 2.05) is 0 Å². The maximum absolute atomic E-state index is 6.24. The van der Waals surface area contributed by atoms with Crippen molar-refractivity contribution in [2.24, 2.45) is 11.7 Å². The molecule has 2 unspecified atom stereocenters. The summed E-state index contributed by atoms with van der Waals surface area (Å²) in [4.78, 5) is 2.79. The van der Waals surface area contributed by atoms with E-state index in [-0.39, 0.29) is 0 Å². The first kappa shape index (κ1) is 13.4. The zero-order valence-electron chi connectivity index (χ0n) is 11.6. The van der Waals surface area contributed by atoms with Crippen molar-refractivity contribution in [1.29, 1.82) is 0 Å². The number of rotatable bonds is 3. The molecule has 1 saturated carbocycles. The smallest absolute Gasteiger partial charge is 0.0359 e. The van der Waals surface area contributed by atoms with Crippen LogP contribution >= 0.6 is 0 Å². The molecule has 2 rings (SSSR count). The molecule has 0 aromatic rings. The fourth-order valence-electron chi connectivity index (χ4n) is 4.21. The molecule has 2 nitrogen and oxygen atoms in total. The third kappa shape index (κ3) is 2.68. The van der Waals surface area contributed by atoms with E-state index in [1.165, 1.54) is 70.9 Å². The lowest BCUT2D eigenvalue weighted by Crippen LogP contribution is -2.60. The molecule has 1 saturated heterocycles. The second-order valence-electron chi connectivity index (χ2n) is 6.06. The quantitative estimate of drug-likeness (QED) is 0.818. The van der Waals surface area contributed by atoms with E-state index in [1.54, 1.807) is 0 Å². The molecule has 2 atom stereocenters. The highest BCUT2D eigenvalue weighted by molar-refractivity contribution is 4.99. The molecule has 100 valence electrons. The summed E-state index contributed by atoms with van der Waals surface area (Å²) in [6.07, 6.45) is 12.5. The van der Waals surface area contributed by atoms with Crippen LogP contribution in [0.2, 0.25) is 0 Å². The Bertz CT molecular complexity index is 221. The van der Waals surface area contributed by atoms with Crippen LogP contribution in [0.3, 0.4) is 0 Å². The maximum atomic E-state index is 6.24. The summed E-state index contributed by atoms with van der Waals surface area (Å²) in [6, 6.07) is 0. The normalized spacial score (nSPS) is 36.7. The molecule has 0 amide bonds. The van der Waals surface area contributed by atoms with Crippen molar-refractivity contribution >= 4 is 0 Å². The van der Waals surface area contributed by atoms with E-state index in [0.29, 0.717) is 5.54 Å². The fourth-order valence-corrected chi connectivity index (χ4v) is 4.21. The highest BCUT2D eigenvalue weighted by Crippen LogP contribution is 2.40. The molecule has 2 heteroatoms. The topological polar surface area (TPSA) is 29.3 Å². The highest BCUT2D eigenvalue weighted by Gasteiger charge is 2.43. The van der Waals surface area contributed by atoms with E-state index in [2.05, 4.69) is 11.8 Å². The SMILES string of the molecule is CCC1CCCCC1(CN)N1CCCCCC1. The predicted molar refractivity (Wildman–Crippen MR) is 74.1 cm³/mol. The molecule has 2 fully saturated rings. The zero-order valence-corrected chi connectivity index (χ0v) is 11.6. The maximum Gasteiger partial charge on any atom is 0.0359 e. The molecule has 0 aromatic heterocycles. The van der Waals surface area contributed by atoms with Crippen LogP contribution in [-0.2, 0) is 0 Å². The molecule has 0 bridgehead atoms. The predicted octanol–water partition coefficient (Wildman–Crippen LogP) is 3.16. The largest absolute Gasteiger partial charge is 0.329 e. The Balaban J connectivity index is 2.14. The summed E-state index contributed by atoms with van der Waals surface area (Å²) in [6.45, 7) is 5.84. The Morgan fingerprint density at radius 3 is 2.35 bits per heavy atom. The Kier molecular flexibility index (Phi) is 4.87. The average molecular weight is 238 g/mol. The lowest BCUT2D eigenvalue weighted by Gasteiger charge is -2.51. The van der Waals surface area contributed by atoms with Crippen LogP contribution in [0.4, 0.5) is 0 Å². The second-order valence-corrected chi connectivity index (χ2v) is 6.06. The van der Waals surface area contributed by atoms with Crippen molar-refractivity contribution < 1.29 is 0 Å². The Morgan fingerprint density at radius 1 is 1.06 bits per heavy atom. The third-order valence-corrected chi connectivity index (χ3v) is 5.25. The van der Waals surface area contributed by atoms with Gasteiger partial charge in [0.15, 0.2) is 0 Å². The van der Waals surface area contributed by atoms with Gasteiger partial charge in [0.25, 0.3) is 0 Å². The van der Waals surface area contributed by atoms with Crippen molar-refractivity contribution in [2.75, 3.05) is 19.6 Å². The zero-order chi connectivity index (χ0) is 12.1. The molecule has 1 aliphatic heterocycles. The van der Waals surface area contributed by atoms with Gasteiger partial charge in [0.1, 0.15) is 0 Å². The van der Waals surface area contributed by atoms with Gasteiger partial charge < -0.3 is 5.73 Å². The first-order chi connectivity index (χ1) is 8.33. The molecular weight excluding hydrogens is 208 g/mol. The number of nitrogens with zero attached hydrogens (tertiary/aromatic N) is 1. The Labute approximate surface area is 107 Å². The summed E-state index contributed by atoms with van der Waals surface area (Å²) < 4.78 is 0. The van der Waals surface area contributed by atoms with Crippen LogP contribution < -0.4 is 5.73 Å². The van der Waals surface area contributed by atoms with Gasteiger partial charge in [-0.1, -0.05) is 39.0 Å². The molecule has 17 heavy (non-hydrogen) atoms. The molecule has 2 aliphatic rings. The van der Waals surface area contributed by atoms with Gasteiger partial charge in [0, 0.05) is 12.1 Å². The van der Waals surface area contributed by atoms with Crippen LogP contribution in [0, 0.1) is 5.92 Å². The fraction of sp³-hybridized carbons (Fsp3) is 1.00. The minimum absolute atomic E-state index is 0.358. The van der Waals surface area contributed by atoms with Gasteiger partial charge in [-0.3, -0.25) is 4.90 Å². The first-order valence-electron chi connectivity index (χ1n) is 7.78. The minimum atomic E-state index is 0.358. The number of likely N-dealkylation sites (tertiary alicyclic amines) is 1. The Hall–Kier alpha value is -0.0800. The van der Waals surface area contributed by atoms with Gasteiger partial charge >= 0.3 is 0 Å². The summed E-state index contributed by atoms with van der Waals surface area (Å²) in [5, 5.41) is 0. The van der Waals surface area contributed by atoms with E-state index in [4.69, 9.17) is 5.73 Å². The van der Waals surface area contributed by atoms with E-state index >= 15 is 0 Å². The van der Waals surface area contributed by atoms with Gasteiger partial charge in [-0.2, -0.15) is 0 Å². The van der Waals surface area contributed by atoms with E-state index < -0.39 is 0 Å². The van der Waals surface area contributed by atoms with Gasteiger partial charge in [0.05, 0.1) is 0 Å². The van der Waals surface area contributed by atoms with Crippen molar-refractivity contribution in [3.05, 3.63) is 0 Å². The van der Waals surface area contributed by atoms with E-state index in [9.17, 15) is 0 Å². The molecule has 2 N–H and O–H groups in total. The van der Waals surface area contributed by atoms with E-state index in [0.717, 1.165) is 12.5 Å². The van der Waals surface area contributed by atoms with Crippen LogP contribution in [0.15, 0.2) is 0 Å². The third-order valence-electron chi connectivity index (χ3n) is 5.25. The highest BCUT2D eigenvalue weighted by atomic mass is 15.2. The van der Waals surface area contributed by atoms with Crippen molar-refractivity contribution in [1.82, 2.24) is 4.90 Å². The van der Waals surface area contributed by atoms with Crippen LogP contribution in [0.1, 0.15) is 64.7 Å². The summed E-state index contributed by atoms with van der Waals surface area (Å²) in [5.74, 6) is 0.847. The second kappa shape index (κ2) is 6.19. The standard InChI is InChI=1S/C15H30N2/c1-2-14-9-5-6-10-15(14,13-16)17-11-7-3-4-8-12-17/h14H,2-13,16H2,1H3. The van der Waals surface area contributed by atoms with Gasteiger partial charge in [0.2, 0.25) is 0 Å². The molecule has 1 aliphatic carbocycles. The Morgan fingerprint density at radius 2 is 1.76 bits per heavy atom. The number of hydrogen-bond acceptors (Lipinski definition) is 2. The summed E-state index contributed by atoms with van der Waals surface area (Å²) in [7, 11) is 0. The molecule has 1 heterocycles. The lowest BCUT2D eigenvalue weighted by molar-refractivity contribution is 0.00626. The summed E-state index contributed by atoms with van der Waals surface area (Å²) >= 11 is 0. The monoisotopic (exact) mass is 238 g/mol. The molecular formula is C15H30N2. The molecule has 0 aromatic carbocycles. The van der Waals surface area contributed by atoms with Crippen molar-refractivity contribution in [3.63, 3.8) is 0 Å².